The van der Waals surface area contributed by atoms with E-state index in [4.69, 9.17) is 0 Å². The van der Waals surface area contributed by atoms with Crippen LogP contribution in [-0.2, 0) is 6.42 Å². The van der Waals surface area contributed by atoms with Crippen molar-refractivity contribution in [3.63, 3.8) is 0 Å². The van der Waals surface area contributed by atoms with Gasteiger partial charge in [-0.05, 0) is 37.7 Å². The lowest BCUT2D eigenvalue weighted by atomic mass is 9.96. The molecule has 0 heterocycles. The smallest absolute Gasteiger partial charge is 0.0276 e. The van der Waals surface area contributed by atoms with E-state index < -0.39 is 0 Å². The van der Waals surface area contributed by atoms with Gasteiger partial charge in [0.25, 0.3) is 0 Å². The summed E-state index contributed by atoms with van der Waals surface area (Å²) in [5, 5.41) is 0. The molecule has 76 valence electrons. The highest BCUT2D eigenvalue weighted by atomic mass is 14.1. The molecule has 0 amide bonds. The van der Waals surface area contributed by atoms with Crippen LogP contribution in [0.3, 0.4) is 0 Å². The predicted molar refractivity (Wildman–Crippen MR) is 63.4 cm³/mol. The topological polar surface area (TPSA) is 0 Å². The molecule has 1 aromatic carbocycles. The standard InChI is InChI=1S/C14H20/c1-12(2)11-13(3)9-10-14-7-5-4-6-8-14/h4-8,13H,1,9-11H2,2-3H3. The maximum Gasteiger partial charge on any atom is -0.0276 e. The van der Waals surface area contributed by atoms with E-state index in [1.165, 1.54) is 24.0 Å². The van der Waals surface area contributed by atoms with Crippen LogP contribution in [0.4, 0.5) is 0 Å². The molecule has 0 saturated carbocycles. The zero-order valence-electron chi connectivity index (χ0n) is 9.29. The fourth-order valence-corrected chi connectivity index (χ4v) is 1.75. The molecule has 0 nitrogen and oxygen atoms in total. The zero-order chi connectivity index (χ0) is 10.4. The second-order valence-electron chi connectivity index (χ2n) is 4.29. The summed E-state index contributed by atoms with van der Waals surface area (Å²) in [6.45, 7) is 8.36. The Hall–Kier alpha value is -1.04. The first-order chi connectivity index (χ1) is 6.68. The molecule has 1 unspecified atom stereocenters. The number of hydrogen-bond donors (Lipinski definition) is 0. The monoisotopic (exact) mass is 188 g/mol. The van der Waals surface area contributed by atoms with Crippen molar-refractivity contribution in [2.45, 2.75) is 33.1 Å². The quantitative estimate of drug-likeness (QED) is 0.607. The molecule has 1 rings (SSSR count). The average molecular weight is 188 g/mol. The molecule has 0 bridgehead atoms. The van der Waals surface area contributed by atoms with Crippen molar-refractivity contribution < 1.29 is 0 Å². The average Bonchev–Trinajstić information content (AvgIpc) is 2.15. The Morgan fingerprint density at radius 1 is 1.29 bits per heavy atom. The summed E-state index contributed by atoms with van der Waals surface area (Å²) in [4.78, 5) is 0. The van der Waals surface area contributed by atoms with Crippen LogP contribution in [0.1, 0.15) is 32.3 Å². The SMILES string of the molecule is C=C(C)CC(C)CCc1ccccc1. The third kappa shape index (κ3) is 4.27. The van der Waals surface area contributed by atoms with Gasteiger partial charge in [0.05, 0.1) is 0 Å². The molecule has 0 N–H and O–H groups in total. The van der Waals surface area contributed by atoms with Gasteiger partial charge in [0.2, 0.25) is 0 Å². The molecular formula is C14H20. The highest BCUT2D eigenvalue weighted by Crippen LogP contribution is 2.15. The second kappa shape index (κ2) is 5.64. The van der Waals surface area contributed by atoms with Crippen molar-refractivity contribution in [3.8, 4) is 0 Å². The largest absolute Gasteiger partial charge is 0.100 e. The van der Waals surface area contributed by atoms with Crippen LogP contribution in [0.25, 0.3) is 0 Å². The summed E-state index contributed by atoms with van der Waals surface area (Å²) in [5.41, 5.74) is 2.74. The Kier molecular flexibility index (Phi) is 4.45. The van der Waals surface area contributed by atoms with Crippen molar-refractivity contribution in [1.29, 1.82) is 0 Å². The molecule has 0 aliphatic rings. The van der Waals surface area contributed by atoms with E-state index in [1.807, 2.05) is 0 Å². The maximum atomic E-state index is 3.95. The summed E-state index contributed by atoms with van der Waals surface area (Å²) < 4.78 is 0. The lowest BCUT2D eigenvalue weighted by Crippen LogP contribution is -1.97. The molecule has 14 heavy (non-hydrogen) atoms. The Balaban J connectivity index is 2.30. The summed E-state index contributed by atoms with van der Waals surface area (Å²) >= 11 is 0. The van der Waals surface area contributed by atoms with Gasteiger partial charge in [-0.25, -0.2) is 0 Å². The molecule has 1 atom stereocenters. The molecule has 0 heteroatoms. The fraction of sp³-hybridized carbons (Fsp3) is 0.429. The van der Waals surface area contributed by atoms with E-state index in [1.54, 1.807) is 0 Å². The fourth-order valence-electron chi connectivity index (χ4n) is 1.75. The summed E-state index contributed by atoms with van der Waals surface area (Å²) in [6.07, 6.45) is 3.61. The van der Waals surface area contributed by atoms with Crippen LogP contribution in [-0.4, -0.2) is 0 Å². The van der Waals surface area contributed by atoms with Gasteiger partial charge in [-0.2, -0.15) is 0 Å². The molecule has 0 aromatic heterocycles. The van der Waals surface area contributed by atoms with Crippen LogP contribution in [0, 0.1) is 5.92 Å². The van der Waals surface area contributed by atoms with Crippen LogP contribution in [0.15, 0.2) is 42.5 Å². The van der Waals surface area contributed by atoms with Crippen LogP contribution in [0.2, 0.25) is 0 Å². The Bertz CT molecular complexity index is 271. The Labute approximate surface area is 87.7 Å². The lowest BCUT2D eigenvalue weighted by molar-refractivity contribution is 0.529. The van der Waals surface area contributed by atoms with Crippen molar-refractivity contribution in [2.75, 3.05) is 0 Å². The van der Waals surface area contributed by atoms with Crippen LogP contribution < -0.4 is 0 Å². The third-order valence-electron chi connectivity index (χ3n) is 2.47. The van der Waals surface area contributed by atoms with E-state index in [9.17, 15) is 0 Å². The van der Waals surface area contributed by atoms with E-state index in [0.717, 1.165) is 12.3 Å². The molecule has 0 aliphatic carbocycles. The molecule has 0 radical (unpaired) electrons. The van der Waals surface area contributed by atoms with Gasteiger partial charge in [0.15, 0.2) is 0 Å². The van der Waals surface area contributed by atoms with Crippen LogP contribution >= 0.6 is 0 Å². The first-order valence-corrected chi connectivity index (χ1v) is 5.37. The second-order valence-corrected chi connectivity index (χ2v) is 4.29. The number of benzene rings is 1. The van der Waals surface area contributed by atoms with Gasteiger partial charge in [0.1, 0.15) is 0 Å². The van der Waals surface area contributed by atoms with Crippen molar-refractivity contribution in [1.82, 2.24) is 0 Å². The first kappa shape index (κ1) is 11.0. The summed E-state index contributed by atoms with van der Waals surface area (Å²) in [5.74, 6) is 0.757. The van der Waals surface area contributed by atoms with E-state index in [2.05, 4.69) is 50.8 Å². The molecule has 0 aliphatic heterocycles. The molecular weight excluding hydrogens is 168 g/mol. The highest BCUT2D eigenvalue weighted by molar-refractivity contribution is 5.14. The summed E-state index contributed by atoms with van der Waals surface area (Å²) in [7, 11) is 0. The maximum absolute atomic E-state index is 3.95. The normalized spacial score (nSPS) is 12.4. The number of rotatable bonds is 5. The van der Waals surface area contributed by atoms with Gasteiger partial charge in [-0.15, -0.1) is 6.58 Å². The van der Waals surface area contributed by atoms with E-state index >= 15 is 0 Å². The number of allylic oxidation sites excluding steroid dienone is 1. The van der Waals surface area contributed by atoms with Crippen molar-refractivity contribution in [2.24, 2.45) is 5.92 Å². The molecule has 0 saturated heterocycles. The number of hydrogen-bond acceptors (Lipinski definition) is 0. The third-order valence-corrected chi connectivity index (χ3v) is 2.47. The van der Waals surface area contributed by atoms with E-state index in [0.29, 0.717) is 0 Å². The molecule has 1 aromatic rings. The highest BCUT2D eigenvalue weighted by Gasteiger charge is 2.02. The van der Waals surface area contributed by atoms with Gasteiger partial charge >= 0.3 is 0 Å². The van der Waals surface area contributed by atoms with Gasteiger partial charge in [-0.3, -0.25) is 0 Å². The first-order valence-electron chi connectivity index (χ1n) is 5.37. The minimum Gasteiger partial charge on any atom is -0.100 e. The minimum absolute atomic E-state index is 0.757. The predicted octanol–water partition coefficient (Wildman–Crippen LogP) is 4.22. The van der Waals surface area contributed by atoms with E-state index in [-0.39, 0.29) is 0 Å². The molecule has 0 spiro atoms. The van der Waals surface area contributed by atoms with Gasteiger partial charge < -0.3 is 0 Å². The number of aryl methyl sites for hydroxylation is 1. The van der Waals surface area contributed by atoms with Crippen molar-refractivity contribution >= 4 is 0 Å². The van der Waals surface area contributed by atoms with Crippen LogP contribution in [0.5, 0.6) is 0 Å². The summed E-state index contributed by atoms with van der Waals surface area (Å²) in [6, 6.07) is 10.7. The molecule has 0 fully saturated rings. The van der Waals surface area contributed by atoms with Gasteiger partial charge in [0, 0.05) is 0 Å². The zero-order valence-corrected chi connectivity index (χ0v) is 9.29. The Morgan fingerprint density at radius 3 is 2.50 bits per heavy atom. The van der Waals surface area contributed by atoms with Gasteiger partial charge in [-0.1, -0.05) is 42.8 Å². The minimum atomic E-state index is 0.757. The Morgan fingerprint density at radius 2 is 1.93 bits per heavy atom. The lowest BCUT2D eigenvalue weighted by Gasteiger charge is -2.10. The van der Waals surface area contributed by atoms with Crippen molar-refractivity contribution in [3.05, 3.63) is 48.0 Å².